The summed E-state index contributed by atoms with van der Waals surface area (Å²) < 4.78 is 32.2. The molecule has 0 bridgehead atoms. The Morgan fingerprint density at radius 3 is 2.67 bits per heavy atom. The van der Waals surface area contributed by atoms with Crippen molar-refractivity contribution in [3.8, 4) is 0 Å². The number of aryl methyl sites for hydroxylation is 1. The molecule has 0 radical (unpaired) electrons. The Morgan fingerprint density at radius 1 is 1.38 bits per heavy atom. The van der Waals surface area contributed by atoms with Gasteiger partial charge in [0.1, 0.15) is 4.90 Å². The van der Waals surface area contributed by atoms with Gasteiger partial charge in [0.15, 0.2) is 0 Å². The highest BCUT2D eigenvalue weighted by Crippen LogP contribution is 2.26. The summed E-state index contributed by atoms with van der Waals surface area (Å²) in [5.74, 6) is 0.469. The first kappa shape index (κ1) is 18.2. The Kier molecular flexibility index (Phi) is 6.93. The van der Waals surface area contributed by atoms with Gasteiger partial charge in [-0.05, 0) is 37.0 Å². The maximum Gasteiger partial charge on any atom is 0.242 e. The lowest BCUT2D eigenvalue weighted by Crippen LogP contribution is -2.26. The average molecular weight is 335 g/mol. The van der Waals surface area contributed by atoms with Crippen molar-refractivity contribution in [1.29, 1.82) is 0 Å². The molecule has 0 aliphatic carbocycles. The van der Waals surface area contributed by atoms with E-state index in [0.717, 1.165) is 5.56 Å². The third-order valence-corrected chi connectivity index (χ3v) is 4.74. The van der Waals surface area contributed by atoms with Crippen molar-refractivity contribution in [2.24, 2.45) is 5.92 Å². The van der Waals surface area contributed by atoms with Gasteiger partial charge in [-0.25, -0.2) is 13.1 Å². The molecule has 0 saturated carbocycles. The van der Waals surface area contributed by atoms with Gasteiger partial charge in [0.2, 0.25) is 10.0 Å². The van der Waals surface area contributed by atoms with Crippen LogP contribution in [0.3, 0.4) is 0 Å². The van der Waals surface area contributed by atoms with Gasteiger partial charge in [-0.1, -0.05) is 25.4 Å². The maximum absolute atomic E-state index is 12.2. The summed E-state index contributed by atoms with van der Waals surface area (Å²) in [5, 5.41) is 0.172. The van der Waals surface area contributed by atoms with Crippen molar-refractivity contribution in [1.82, 2.24) is 4.72 Å². The lowest BCUT2D eigenvalue weighted by molar-refractivity contribution is 0.108. The van der Waals surface area contributed by atoms with Crippen LogP contribution in [0.1, 0.15) is 25.8 Å². The van der Waals surface area contributed by atoms with Crippen LogP contribution in [0.2, 0.25) is 5.02 Å². The number of rotatable bonds is 8. The Balaban J connectivity index is 2.56. The van der Waals surface area contributed by atoms with E-state index in [0.29, 0.717) is 37.8 Å². The number of halogens is 1. The minimum atomic E-state index is -3.65. The van der Waals surface area contributed by atoms with E-state index in [1.54, 1.807) is 13.0 Å². The Bertz CT molecular complexity index is 574. The van der Waals surface area contributed by atoms with Crippen LogP contribution < -0.4 is 10.5 Å². The van der Waals surface area contributed by atoms with Crippen LogP contribution in [0.5, 0.6) is 0 Å². The summed E-state index contributed by atoms with van der Waals surface area (Å²) in [6.45, 7) is 7.39. The van der Waals surface area contributed by atoms with Crippen LogP contribution in [0.15, 0.2) is 17.0 Å². The largest absolute Gasteiger partial charge is 0.398 e. The van der Waals surface area contributed by atoms with E-state index < -0.39 is 10.0 Å². The highest BCUT2D eigenvalue weighted by molar-refractivity contribution is 7.89. The van der Waals surface area contributed by atoms with Crippen LogP contribution in [-0.4, -0.2) is 28.2 Å². The highest BCUT2D eigenvalue weighted by Gasteiger charge is 2.18. The van der Waals surface area contributed by atoms with Gasteiger partial charge in [-0.2, -0.15) is 0 Å². The zero-order valence-electron chi connectivity index (χ0n) is 12.6. The third kappa shape index (κ3) is 5.82. The molecule has 21 heavy (non-hydrogen) atoms. The zero-order valence-corrected chi connectivity index (χ0v) is 14.2. The number of hydrogen-bond acceptors (Lipinski definition) is 4. The predicted molar refractivity (Wildman–Crippen MR) is 86.1 cm³/mol. The summed E-state index contributed by atoms with van der Waals surface area (Å²) in [6, 6.07) is 2.94. The van der Waals surface area contributed by atoms with E-state index in [-0.39, 0.29) is 9.92 Å². The normalized spacial score (nSPS) is 12.0. The van der Waals surface area contributed by atoms with E-state index >= 15 is 0 Å². The molecule has 1 aromatic rings. The molecule has 0 aliphatic rings. The van der Waals surface area contributed by atoms with Crippen molar-refractivity contribution in [3.05, 3.63) is 22.7 Å². The molecule has 0 spiro atoms. The van der Waals surface area contributed by atoms with E-state index in [2.05, 4.69) is 18.6 Å². The maximum atomic E-state index is 12.2. The predicted octanol–water partition coefficient (Wildman–Crippen LogP) is 2.57. The zero-order chi connectivity index (χ0) is 16.0. The average Bonchev–Trinajstić information content (AvgIpc) is 2.37. The first-order valence-corrected chi connectivity index (χ1v) is 8.73. The highest BCUT2D eigenvalue weighted by atomic mass is 35.5. The minimum absolute atomic E-state index is 0.00960. The molecular formula is C14H23ClN2O3S. The molecule has 0 amide bonds. The van der Waals surface area contributed by atoms with Gasteiger partial charge in [0.05, 0.1) is 5.02 Å². The standard InChI is InChI=1S/C14H23ClN2O3S/c1-10(2)9-20-6-4-5-17-21(18,19)14-8-13(16)11(3)7-12(14)15/h7-8,10,17H,4-6,9,16H2,1-3H3. The Labute approximate surface area is 131 Å². The van der Waals surface area contributed by atoms with Crippen molar-refractivity contribution >= 4 is 27.3 Å². The second-order valence-electron chi connectivity index (χ2n) is 5.36. The number of nitrogen functional groups attached to an aromatic ring is 1. The molecule has 1 aromatic carbocycles. The topological polar surface area (TPSA) is 81.4 Å². The molecule has 0 aliphatic heterocycles. The van der Waals surface area contributed by atoms with Gasteiger partial charge in [-0.15, -0.1) is 0 Å². The lowest BCUT2D eigenvalue weighted by atomic mass is 10.2. The SMILES string of the molecule is Cc1cc(Cl)c(S(=O)(=O)NCCCOCC(C)C)cc1N. The summed E-state index contributed by atoms with van der Waals surface area (Å²) in [7, 11) is -3.65. The van der Waals surface area contributed by atoms with Gasteiger partial charge in [-0.3, -0.25) is 0 Å². The summed E-state index contributed by atoms with van der Waals surface area (Å²) in [6.07, 6.45) is 0.602. The number of anilines is 1. The molecular weight excluding hydrogens is 312 g/mol. The van der Waals surface area contributed by atoms with Crippen LogP contribution in [0, 0.1) is 12.8 Å². The molecule has 0 unspecified atom stereocenters. The molecule has 0 fully saturated rings. The van der Waals surface area contributed by atoms with Crippen LogP contribution in [-0.2, 0) is 14.8 Å². The molecule has 120 valence electrons. The molecule has 5 nitrogen and oxygen atoms in total. The summed E-state index contributed by atoms with van der Waals surface area (Å²) in [5.41, 5.74) is 6.89. The van der Waals surface area contributed by atoms with Gasteiger partial charge >= 0.3 is 0 Å². The summed E-state index contributed by atoms with van der Waals surface area (Å²) in [4.78, 5) is 0.00960. The second kappa shape index (κ2) is 7.98. The van der Waals surface area contributed by atoms with E-state index in [1.807, 2.05) is 0 Å². The molecule has 7 heteroatoms. The number of benzene rings is 1. The fraction of sp³-hybridized carbons (Fsp3) is 0.571. The van der Waals surface area contributed by atoms with Gasteiger partial charge in [0, 0.05) is 25.4 Å². The Morgan fingerprint density at radius 2 is 2.05 bits per heavy atom. The van der Waals surface area contributed by atoms with Crippen molar-refractivity contribution in [2.45, 2.75) is 32.1 Å². The van der Waals surface area contributed by atoms with Crippen molar-refractivity contribution in [3.63, 3.8) is 0 Å². The molecule has 3 N–H and O–H groups in total. The number of nitrogens with one attached hydrogen (secondary N) is 1. The molecule has 0 heterocycles. The molecule has 0 saturated heterocycles. The monoisotopic (exact) mass is 334 g/mol. The molecule has 0 aromatic heterocycles. The molecule has 0 atom stereocenters. The van der Waals surface area contributed by atoms with Crippen molar-refractivity contribution in [2.75, 3.05) is 25.5 Å². The fourth-order valence-electron chi connectivity index (χ4n) is 1.65. The fourth-order valence-corrected chi connectivity index (χ4v) is 3.34. The minimum Gasteiger partial charge on any atom is -0.398 e. The molecule has 1 rings (SSSR count). The van der Waals surface area contributed by atoms with Crippen LogP contribution in [0.4, 0.5) is 5.69 Å². The third-order valence-electron chi connectivity index (χ3n) is 2.82. The number of sulfonamides is 1. The number of ether oxygens (including phenoxy) is 1. The van der Waals surface area contributed by atoms with Gasteiger partial charge in [0.25, 0.3) is 0 Å². The van der Waals surface area contributed by atoms with E-state index in [4.69, 9.17) is 22.1 Å². The summed E-state index contributed by atoms with van der Waals surface area (Å²) >= 11 is 5.98. The van der Waals surface area contributed by atoms with Gasteiger partial charge < -0.3 is 10.5 Å². The van der Waals surface area contributed by atoms with Crippen LogP contribution >= 0.6 is 11.6 Å². The van der Waals surface area contributed by atoms with E-state index in [9.17, 15) is 8.42 Å². The first-order chi connectivity index (χ1) is 9.74. The quantitative estimate of drug-likeness (QED) is 0.565. The Hall–Kier alpha value is -0.820. The lowest BCUT2D eigenvalue weighted by Gasteiger charge is -2.11. The first-order valence-electron chi connectivity index (χ1n) is 6.87. The van der Waals surface area contributed by atoms with Crippen LogP contribution in [0.25, 0.3) is 0 Å². The number of hydrogen-bond donors (Lipinski definition) is 2. The smallest absolute Gasteiger partial charge is 0.242 e. The van der Waals surface area contributed by atoms with E-state index in [1.165, 1.54) is 6.07 Å². The number of nitrogens with two attached hydrogens (primary N) is 1. The van der Waals surface area contributed by atoms with Crippen molar-refractivity contribution < 1.29 is 13.2 Å². The second-order valence-corrected chi connectivity index (χ2v) is 7.50.